The Hall–Kier alpha value is -1.27. The van der Waals surface area contributed by atoms with Crippen LogP contribution in [-0.2, 0) is 4.79 Å². The lowest BCUT2D eigenvalue weighted by Crippen LogP contribution is -2.09. The Morgan fingerprint density at radius 3 is 2.54 bits per heavy atom. The number of carbonyl (C=O) groups excluding carboxylic acids is 1. The highest BCUT2D eigenvalue weighted by Crippen LogP contribution is 2.22. The minimum Gasteiger partial charge on any atom is -0.298 e. The fourth-order valence-electron chi connectivity index (χ4n) is 0.835. The summed E-state index contributed by atoms with van der Waals surface area (Å²) in [5.41, 5.74) is 0. The molecule has 0 fully saturated rings. The zero-order valence-corrected chi connectivity index (χ0v) is 8.04. The van der Waals surface area contributed by atoms with Crippen molar-refractivity contribution in [3.8, 4) is 6.07 Å². The van der Waals surface area contributed by atoms with Crippen LogP contribution in [0.15, 0.2) is 35.2 Å². The summed E-state index contributed by atoms with van der Waals surface area (Å²) in [4.78, 5) is 11.9. The Balaban J connectivity index is 2.69. The molecular formula is C10H9NOS. The molecule has 0 aliphatic carbocycles. The first-order valence-corrected chi connectivity index (χ1v) is 4.74. The molecule has 1 unspecified atom stereocenters. The minimum absolute atomic E-state index is 0.101. The van der Waals surface area contributed by atoms with Crippen molar-refractivity contribution < 1.29 is 4.79 Å². The van der Waals surface area contributed by atoms with E-state index < -0.39 is 5.25 Å². The van der Waals surface area contributed by atoms with Crippen LogP contribution in [0.5, 0.6) is 0 Å². The molecule has 0 saturated carbocycles. The fourth-order valence-corrected chi connectivity index (χ4v) is 1.64. The molecule has 0 saturated heterocycles. The van der Waals surface area contributed by atoms with Crippen LogP contribution in [0.2, 0.25) is 0 Å². The van der Waals surface area contributed by atoms with Crippen molar-refractivity contribution in [3.63, 3.8) is 0 Å². The van der Waals surface area contributed by atoms with Crippen molar-refractivity contribution in [2.75, 3.05) is 0 Å². The van der Waals surface area contributed by atoms with Gasteiger partial charge in [0.05, 0.1) is 6.07 Å². The van der Waals surface area contributed by atoms with Gasteiger partial charge in [0, 0.05) is 4.90 Å². The third-order valence-electron chi connectivity index (χ3n) is 1.48. The van der Waals surface area contributed by atoms with Gasteiger partial charge in [-0.15, -0.1) is 0 Å². The maximum Gasteiger partial charge on any atom is 0.157 e. The van der Waals surface area contributed by atoms with Gasteiger partial charge in [0.2, 0.25) is 0 Å². The number of hydrogen-bond acceptors (Lipinski definition) is 3. The van der Waals surface area contributed by atoms with Gasteiger partial charge >= 0.3 is 0 Å². The lowest BCUT2D eigenvalue weighted by Gasteiger charge is -2.03. The van der Waals surface area contributed by atoms with E-state index >= 15 is 0 Å². The standard InChI is InChI=1S/C10H9NOS/c1-8(12)10(7-11)13-9-5-3-2-4-6-9/h2-6,10H,1H3. The Kier molecular flexibility index (Phi) is 3.53. The second-order valence-electron chi connectivity index (χ2n) is 2.55. The maximum atomic E-state index is 10.9. The Morgan fingerprint density at radius 2 is 2.08 bits per heavy atom. The number of benzene rings is 1. The molecule has 2 nitrogen and oxygen atoms in total. The van der Waals surface area contributed by atoms with Crippen molar-refractivity contribution in [2.24, 2.45) is 0 Å². The zero-order valence-electron chi connectivity index (χ0n) is 7.23. The van der Waals surface area contributed by atoms with Gasteiger partial charge < -0.3 is 0 Å². The van der Waals surface area contributed by atoms with Gasteiger partial charge in [-0.3, -0.25) is 4.79 Å². The van der Waals surface area contributed by atoms with Crippen molar-refractivity contribution in [2.45, 2.75) is 17.1 Å². The molecule has 1 rings (SSSR count). The van der Waals surface area contributed by atoms with E-state index in [1.54, 1.807) is 0 Å². The summed E-state index contributed by atoms with van der Waals surface area (Å²) >= 11 is 1.29. The van der Waals surface area contributed by atoms with Gasteiger partial charge in [0.15, 0.2) is 11.0 Å². The summed E-state index contributed by atoms with van der Waals surface area (Å²) in [7, 11) is 0. The monoisotopic (exact) mass is 191 g/mol. The summed E-state index contributed by atoms with van der Waals surface area (Å²) in [5, 5.41) is 8.08. The largest absolute Gasteiger partial charge is 0.298 e. The van der Waals surface area contributed by atoms with E-state index in [4.69, 9.17) is 5.26 Å². The smallest absolute Gasteiger partial charge is 0.157 e. The summed E-state index contributed by atoms with van der Waals surface area (Å²) in [6.45, 7) is 1.43. The van der Waals surface area contributed by atoms with Crippen LogP contribution in [0.25, 0.3) is 0 Å². The highest BCUT2D eigenvalue weighted by molar-refractivity contribution is 8.00. The quantitative estimate of drug-likeness (QED) is 0.688. The predicted molar refractivity (Wildman–Crippen MR) is 52.4 cm³/mol. The van der Waals surface area contributed by atoms with E-state index in [9.17, 15) is 4.79 Å². The van der Waals surface area contributed by atoms with Gasteiger partial charge in [0.25, 0.3) is 0 Å². The highest BCUT2D eigenvalue weighted by atomic mass is 32.2. The van der Waals surface area contributed by atoms with Crippen molar-refractivity contribution in [3.05, 3.63) is 30.3 Å². The molecule has 1 atom stereocenters. The number of thioether (sulfide) groups is 1. The molecule has 0 spiro atoms. The number of carbonyl (C=O) groups is 1. The van der Waals surface area contributed by atoms with E-state index in [-0.39, 0.29) is 5.78 Å². The molecule has 0 heterocycles. The summed E-state index contributed by atoms with van der Waals surface area (Å²) in [5.74, 6) is -0.101. The van der Waals surface area contributed by atoms with Gasteiger partial charge in [-0.25, -0.2) is 0 Å². The van der Waals surface area contributed by atoms with Gasteiger partial charge in [-0.1, -0.05) is 30.0 Å². The topological polar surface area (TPSA) is 40.9 Å². The van der Waals surface area contributed by atoms with E-state index in [0.29, 0.717) is 0 Å². The van der Waals surface area contributed by atoms with E-state index in [0.717, 1.165) is 4.90 Å². The van der Waals surface area contributed by atoms with Crippen molar-refractivity contribution in [1.29, 1.82) is 5.26 Å². The van der Waals surface area contributed by atoms with E-state index in [2.05, 4.69) is 0 Å². The third-order valence-corrected chi connectivity index (χ3v) is 2.70. The number of nitrogens with zero attached hydrogens (tertiary/aromatic N) is 1. The summed E-state index contributed by atoms with van der Waals surface area (Å²) in [6, 6.07) is 11.4. The molecule has 0 amide bonds. The van der Waals surface area contributed by atoms with Crippen LogP contribution in [0.3, 0.4) is 0 Å². The van der Waals surface area contributed by atoms with Crippen molar-refractivity contribution in [1.82, 2.24) is 0 Å². The van der Waals surface area contributed by atoms with E-state index in [1.807, 2.05) is 36.4 Å². The van der Waals surface area contributed by atoms with Crippen LogP contribution in [-0.4, -0.2) is 11.0 Å². The predicted octanol–water partition coefficient (Wildman–Crippen LogP) is 2.26. The summed E-state index contributed by atoms with van der Waals surface area (Å²) < 4.78 is 0. The second kappa shape index (κ2) is 4.68. The first kappa shape index (κ1) is 9.82. The van der Waals surface area contributed by atoms with Gasteiger partial charge in [0.1, 0.15) is 0 Å². The molecule has 0 N–H and O–H groups in total. The molecule has 0 aromatic heterocycles. The average molecular weight is 191 g/mol. The average Bonchev–Trinajstić information content (AvgIpc) is 2.15. The Labute approximate surface area is 81.6 Å². The van der Waals surface area contributed by atoms with Gasteiger partial charge in [-0.05, 0) is 19.1 Å². The molecule has 0 aliphatic heterocycles. The van der Waals surface area contributed by atoms with Crippen LogP contribution in [0.1, 0.15) is 6.92 Å². The second-order valence-corrected chi connectivity index (χ2v) is 3.73. The normalized spacial score (nSPS) is 11.7. The molecule has 13 heavy (non-hydrogen) atoms. The lowest BCUT2D eigenvalue weighted by atomic mass is 10.3. The number of rotatable bonds is 3. The van der Waals surface area contributed by atoms with E-state index in [1.165, 1.54) is 18.7 Å². The first-order valence-electron chi connectivity index (χ1n) is 3.86. The molecule has 0 bridgehead atoms. The highest BCUT2D eigenvalue weighted by Gasteiger charge is 2.13. The summed E-state index contributed by atoms with van der Waals surface area (Å²) in [6.07, 6.45) is 0. The lowest BCUT2D eigenvalue weighted by molar-refractivity contribution is -0.115. The molecule has 66 valence electrons. The number of ketones is 1. The van der Waals surface area contributed by atoms with Gasteiger partial charge in [-0.2, -0.15) is 5.26 Å². The third kappa shape index (κ3) is 2.92. The van der Waals surface area contributed by atoms with Crippen LogP contribution in [0, 0.1) is 11.3 Å². The molecule has 3 heteroatoms. The Morgan fingerprint density at radius 1 is 1.46 bits per heavy atom. The van der Waals surface area contributed by atoms with Crippen LogP contribution >= 0.6 is 11.8 Å². The number of hydrogen-bond donors (Lipinski definition) is 0. The van der Waals surface area contributed by atoms with Crippen LogP contribution in [0.4, 0.5) is 0 Å². The first-order chi connectivity index (χ1) is 6.24. The fraction of sp³-hybridized carbons (Fsp3) is 0.200. The minimum atomic E-state index is -0.581. The number of nitriles is 1. The molecule has 0 radical (unpaired) electrons. The molecule has 1 aromatic carbocycles. The zero-order chi connectivity index (χ0) is 9.68. The Bertz CT molecular complexity index is 329. The maximum absolute atomic E-state index is 10.9. The van der Waals surface area contributed by atoms with Crippen LogP contribution < -0.4 is 0 Å². The SMILES string of the molecule is CC(=O)C(C#N)Sc1ccccc1. The molecule has 0 aliphatic rings. The number of Topliss-reactive ketones (excluding diaryl/α,β-unsaturated/α-hetero) is 1. The molecular weight excluding hydrogens is 182 g/mol. The van der Waals surface area contributed by atoms with Crippen molar-refractivity contribution >= 4 is 17.5 Å². The molecule has 1 aromatic rings.